The third kappa shape index (κ3) is 2.06. The number of carbonyl (C=O) groups is 1. The summed E-state index contributed by atoms with van der Waals surface area (Å²) in [6, 6.07) is 6.21. The third-order valence-corrected chi connectivity index (χ3v) is 4.42. The number of hydrogen-bond acceptors (Lipinski definition) is 4. The summed E-state index contributed by atoms with van der Waals surface area (Å²) >= 11 is 1.58. The summed E-state index contributed by atoms with van der Waals surface area (Å²) in [5.41, 5.74) is 8.23. The molecule has 1 saturated heterocycles. The Bertz CT molecular complexity index is 459. The summed E-state index contributed by atoms with van der Waals surface area (Å²) < 4.78 is 0. The topological polar surface area (TPSA) is 67.1 Å². The zero-order valence-corrected chi connectivity index (χ0v) is 10.2. The van der Waals surface area contributed by atoms with Crippen LogP contribution >= 0.6 is 11.8 Å². The maximum Gasteiger partial charge on any atom is 0.234 e. The van der Waals surface area contributed by atoms with E-state index in [1.807, 2.05) is 6.07 Å². The van der Waals surface area contributed by atoms with E-state index in [0.29, 0.717) is 11.7 Å². The molecule has 4 nitrogen and oxygen atoms in total. The molecular formula is C12H15N3OS. The lowest BCUT2D eigenvalue weighted by Crippen LogP contribution is -2.47. The number of benzene rings is 1. The first-order chi connectivity index (χ1) is 8.24. The van der Waals surface area contributed by atoms with Crippen LogP contribution < -0.4 is 16.4 Å². The van der Waals surface area contributed by atoms with Crippen molar-refractivity contribution in [2.45, 2.75) is 10.9 Å². The van der Waals surface area contributed by atoms with Gasteiger partial charge in [0.25, 0.3) is 0 Å². The van der Waals surface area contributed by atoms with E-state index in [9.17, 15) is 4.79 Å². The standard InChI is InChI=1S/C12H15N3OS/c13-12(8-4-14-5-8)7-1-2-10-9(3-7)15-11(16)6-17-10/h1-3,8,12,14H,4-6,13H2,(H,15,16). The predicted octanol–water partition coefficient (Wildman–Crippen LogP) is 0.950. The molecule has 0 spiro atoms. The Balaban J connectivity index is 1.86. The van der Waals surface area contributed by atoms with Crippen LogP contribution in [0.2, 0.25) is 0 Å². The smallest absolute Gasteiger partial charge is 0.234 e. The van der Waals surface area contributed by atoms with Crippen molar-refractivity contribution in [1.82, 2.24) is 5.32 Å². The molecular weight excluding hydrogens is 234 g/mol. The minimum atomic E-state index is 0.0605. The van der Waals surface area contributed by atoms with Crippen molar-refractivity contribution in [1.29, 1.82) is 0 Å². The number of hydrogen-bond donors (Lipinski definition) is 3. The molecule has 1 aromatic carbocycles. The van der Waals surface area contributed by atoms with E-state index < -0.39 is 0 Å². The van der Waals surface area contributed by atoms with Crippen LogP contribution in [0.25, 0.3) is 0 Å². The molecule has 0 radical (unpaired) electrons. The Kier molecular flexibility index (Phi) is 2.82. The van der Waals surface area contributed by atoms with Crippen molar-refractivity contribution < 1.29 is 4.79 Å². The van der Waals surface area contributed by atoms with E-state index in [1.54, 1.807) is 11.8 Å². The van der Waals surface area contributed by atoms with Crippen LogP contribution in [0.15, 0.2) is 23.1 Å². The van der Waals surface area contributed by atoms with Gasteiger partial charge >= 0.3 is 0 Å². The Morgan fingerprint density at radius 1 is 1.41 bits per heavy atom. The van der Waals surface area contributed by atoms with Gasteiger partial charge in [0.1, 0.15) is 0 Å². The summed E-state index contributed by atoms with van der Waals surface area (Å²) in [6.07, 6.45) is 0. The van der Waals surface area contributed by atoms with Crippen LogP contribution in [0, 0.1) is 5.92 Å². The van der Waals surface area contributed by atoms with Crippen molar-refractivity contribution >= 4 is 23.4 Å². The first kappa shape index (κ1) is 11.1. The zero-order valence-electron chi connectivity index (χ0n) is 9.40. The van der Waals surface area contributed by atoms with Crippen molar-refractivity contribution in [2.75, 3.05) is 24.2 Å². The maximum atomic E-state index is 11.3. The monoisotopic (exact) mass is 249 g/mol. The molecule has 2 heterocycles. The molecule has 5 heteroatoms. The number of rotatable bonds is 2. The number of anilines is 1. The van der Waals surface area contributed by atoms with Crippen LogP contribution in [0.4, 0.5) is 5.69 Å². The van der Waals surface area contributed by atoms with Crippen LogP contribution in [-0.2, 0) is 4.79 Å². The zero-order chi connectivity index (χ0) is 11.8. The highest BCUT2D eigenvalue weighted by molar-refractivity contribution is 8.00. The van der Waals surface area contributed by atoms with Crippen LogP contribution in [-0.4, -0.2) is 24.7 Å². The van der Waals surface area contributed by atoms with Crippen molar-refractivity contribution in [3.63, 3.8) is 0 Å². The summed E-state index contributed by atoms with van der Waals surface area (Å²) in [5, 5.41) is 6.13. The van der Waals surface area contributed by atoms with Gasteiger partial charge in [0, 0.05) is 29.9 Å². The lowest BCUT2D eigenvalue weighted by atomic mass is 9.89. The highest BCUT2D eigenvalue weighted by Crippen LogP contribution is 2.34. The Morgan fingerprint density at radius 2 is 2.24 bits per heavy atom. The second kappa shape index (κ2) is 4.33. The molecule has 0 aliphatic carbocycles. The lowest BCUT2D eigenvalue weighted by molar-refractivity contribution is -0.113. The SMILES string of the molecule is NC(c1ccc2c(c1)NC(=O)CS2)C1CNC1. The quantitative estimate of drug-likeness (QED) is 0.730. The Labute approximate surface area is 104 Å². The largest absolute Gasteiger partial charge is 0.324 e. The molecule has 1 amide bonds. The van der Waals surface area contributed by atoms with Crippen LogP contribution in [0.1, 0.15) is 11.6 Å². The summed E-state index contributed by atoms with van der Waals surface area (Å²) in [5.74, 6) is 1.09. The molecule has 1 unspecified atom stereocenters. The third-order valence-electron chi connectivity index (χ3n) is 3.34. The summed E-state index contributed by atoms with van der Waals surface area (Å²) in [4.78, 5) is 12.5. The maximum absolute atomic E-state index is 11.3. The van der Waals surface area contributed by atoms with Gasteiger partial charge in [-0.25, -0.2) is 0 Å². The van der Waals surface area contributed by atoms with Crippen LogP contribution in [0.5, 0.6) is 0 Å². The summed E-state index contributed by atoms with van der Waals surface area (Å²) in [6.45, 7) is 1.97. The van der Waals surface area contributed by atoms with E-state index >= 15 is 0 Å². The summed E-state index contributed by atoms with van der Waals surface area (Å²) in [7, 11) is 0. The first-order valence-electron chi connectivity index (χ1n) is 5.77. The average Bonchev–Trinajstić information content (AvgIpc) is 2.25. The van der Waals surface area contributed by atoms with E-state index in [4.69, 9.17) is 5.73 Å². The van der Waals surface area contributed by atoms with Gasteiger partial charge in [0.15, 0.2) is 0 Å². The number of thioether (sulfide) groups is 1. The molecule has 3 rings (SSSR count). The Hall–Kier alpha value is -1.04. The number of carbonyl (C=O) groups excluding carboxylic acids is 1. The highest BCUT2D eigenvalue weighted by Gasteiger charge is 2.26. The van der Waals surface area contributed by atoms with Crippen molar-refractivity contribution in [2.24, 2.45) is 11.7 Å². The minimum absolute atomic E-state index is 0.0605. The van der Waals surface area contributed by atoms with Gasteiger partial charge in [0.05, 0.1) is 11.4 Å². The molecule has 1 atom stereocenters. The Morgan fingerprint density at radius 3 is 2.94 bits per heavy atom. The van der Waals surface area contributed by atoms with E-state index in [2.05, 4.69) is 22.8 Å². The minimum Gasteiger partial charge on any atom is -0.324 e. The highest BCUT2D eigenvalue weighted by atomic mass is 32.2. The number of nitrogens with two attached hydrogens (primary N) is 1. The molecule has 0 bridgehead atoms. The molecule has 0 aromatic heterocycles. The van der Waals surface area contributed by atoms with Gasteiger partial charge in [-0.15, -0.1) is 11.8 Å². The molecule has 1 aromatic rings. The number of fused-ring (bicyclic) bond motifs is 1. The fourth-order valence-electron chi connectivity index (χ4n) is 2.15. The van der Waals surface area contributed by atoms with E-state index in [0.717, 1.165) is 29.2 Å². The van der Waals surface area contributed by atoms with Crippen molar-refractivity contribution in [3.8, 4) is 0 Å². The van der Waals surface area contributed by atoms with Crippen LogP contribution in [0.3, 0.4) is 0 Å². The van der Waals surface area contributed by atoms with Gasteiger partial charge in [-0.2, -0.15) is 0 Å². The molecule has 2 aliphatic heterocycles. The van der Waals surface area contributed by atoms with Gasteiger partial charge in [-0.05, 0) is 17.7 Å². The average molecular weight is 249 g/mol. The van der Waals surface area contributed by atoms with Gasteiger partial charge in [-0.1, -0.05) is 6.07 Å². The van der Waals surface area contributed by atoms with Crippen molar-refractivity contribution in [3.05, 3.63) is 23.8 Å². The number of nitrogens with one attached hydrogen (secondary N) is 2. The van der Waals surface area contributed by atoms with Gasteiger partial charge in [-0.3, -0.25) is 4.79 Å². The molecule has 2 aliphatic rings. The molecule has 0 saturated carbocycles. The normalized spacial score (nSPS) is 21.4. The fraction of sp³-hybridized carbons (Fsp3) is 0.417. The second-order valence-corrected chi connectivity index (χ2v) is 5.55. The predicted molar refractivity (Wildman–Crippen MR) is 69.1 cm³/mol. The van der Waals surface area contributed by atoms with Gasteiger partial charge < -0.3 is 16.4 Å². The molecule has 90 valence electrons. The molecule has 17 heavy (non-hydrogen) atoms. The van der Waals surface area contributed by atoms with E-state index in [-0.39, 0.29) is 11.9 Å². The number of amides is 1. The molecule has 1 fully saturated rings. The fourth-order valence-corrected chi connectivity index (χ4v) is 2.93. The second-order valence-electron chi connectivity index (χ2n) is 4.54. The van der Waals surface area contributed by atoms with E-state index in [1.165, 1.54) is 0 Å². The first-order valence-corrected chi connectivity index (χ1v) is 6.75. The molecule has 4 N–H and O–H groups in total. The lowest BCUT2D eigenvalue weighted by Gasteiger charge is -2.33. The van der Waals surface area contributed by atoms with Gasteiger partial charge in [0.2, 0.25) is 5.91 Å².